The highest BCUT2D eigenvalue weighted by atomic mass is 32.1. The van der Waals surface area contributed by atoms with Crippen molar-refractivity contribution in [2.75, 3.05) is 13.7 Å². The van der Waals surface area contributed by atoms with Crippen LogP contribution in [0.4, 0.5) is 0 Å². The summed E-state index contributed by atoms with van der Waals surface area (Å²) in [5.41, 5.74) is 6.17. The van der Waals surface area contributed by atoms with E-state index in [1.54, 1.807) is 6.08 Å². The molecule has 0 spiro atoms. The quantitative estimate of drug-likeness (QED) is 0.747. The molecule has 13 heavy (non-hydrogen) atoms. The molecule has 0 radical (unpaired) electrons. The molecule has 0 amide bonds. The maximum absolute atomic E-state index is 11.2. The molecule has 3 nitrogen and oxygen atoms in total. The van der Waals surface area contributed by atoms with Crippen LogP contribution >= 0.6 is 11.3 Å². The molecule has 0 unspecified atom stereocenters. The second-order valence-electron chi connectivity index (χ2n) is 2.33. The Hall–Kier alpha value is -1.13. The molecular formula is C9H11NO2S. The van der Waals surface area contributed by atoms with Gasteiger partial charge in [-0.15, -0.1) is 11.3 Å². The Morgan fingerprint density at radius 1 is 1.77 bits per heavy atom. The van der Waals surface area contributed by atoms with E-state index in [2.05, 4.69) is 4.74 Å². The molecule has 70 valence electrons. The van der Waals surface area contributed by atoms with Crippen LogP contribution in [-0.2, 0) is 4.74 Å². The van der Waals surface area contributed by atoms with Gasteiger partial charge in [0.15, 0.2) is 0 Å². The van der Waals surface area contributed by atoms with E-state index in [-0.39, 0.29) is 5.97 Å². The number of esters is 1. The third-order valence-corrected chi connectivity index (χ3v) is 2.41. The van der Waals surface area contributed by atoms with Gasteiger partial charge in [-0.2, -0.15) is 0 Å². The summed E-state index contributed by atoms with van der Waals surface area (Å²) >= 11 is 1.37. The largest absolute Gasteiger partial charge is 0.465 e. The van der Waals surface area contributed by atoms with E-state index in [0.717, 1.165) is 5.56 Å². The standard InChI is InChI=1S/C9H11NO2S/c1-12-9(11)8-7(3-2-5-10)4-6-13-8/h2-4,6H,5,10H2,1H3/b3-2+. The Kier molecular flexibility index (Phi) is 3.67. The number of hydrogen-bond acceptors (Lipinski definition) is 4. The van der Waals surface area contributed by atoms with Gasteiger partial charge in [0, 0.05) is 6.54 Å². The minimum atomic E-state index is -0.299. The lowest BCUT2D eigenvalue weighted by Gasteiger charge is -1.96. The molecule has 0 aliphatic carbocycles. The molecule has 0 aliphatic rings. The summed E-state index contributed by atoms with van der Waals surface area (Å²) in [5, 5.41) is 1.85. The maximum atomic E-state index is 11.2. The zero-order valence-corrected chi connectivity index (χ0v) is 8.14. The number of methoxy groups -OCH3 is 1. The predicted octanol–water partition coefficient (Wildman–Crippen LogP) is 1.51. The minimum Gasteiger partial charge on any atom is -0.465 e. The summed E-state index contributed by atoms with van der Waals surface area (Å²) in [6, 6.07) is 1.86. The average Bonchev–Trinajstić information content (AvgIpc) is 2.61. The lowest BCUT2D eigenvalue weighted by molar-refractivity contribution is 0.0606. The first-order chi connectivity index (χ1) is 6.29. The number of carbonyl (C=O) groups is 1. The van der Waals surface area contributed by atoms with Crippen molar-refractivity contribution in [1.29, 1.82) is 0 Å². The maximum Gasteiger partial charge on any atom is 0.348 e. The minimum absolute atomic E-state index is 0.299. The van der Waals surface area contributed by atoms with Crippen LogP contribution in [0.1, 0.15) is 15.2 Å². The summed E-state index contributed by atoms with van der Waals surface area (Å²) in [4.78, 5) is 11.8. The molecule has 0 bridgehead atoms. The second kappa shape index (κ2) is 4.79. The molecule has 1 rings (SSSR count). The van der Waals surface area contributed by atoms with Gasteiger partial charge in [0.05, 0.1) is 7.11 Å². The number of ether oxygens (including phenoxy) is 1. The van der Waals surface area contributed by atoms with Crippen molar-refractivity contribution in [2.24, 2.45) is 5.73 Å². The monoisotopic (exact) mass is 197 g/mol. The highest BCUT2D eigenvalue weighted by molar-refractivity contribution is 7.12. The zero-order chi connectivity index (χ0) is 9.68. The van der Waals surface area contributed by atoms with Gasteiger partial charge in [-0.1, -0.05) is 12.2 Å². The normalized spacial score (nSPS) is 10.6. The van der Waals surface area contributed by atoms with Gasteiger partial charge in [-0.3, -0.25) is 0 Å². The van der Waals surface area contributed by atoms with Crippen molar-refractivity contribution in [1.82, 2.24) is 0 Å². The Bertz CT molecular complexity index is 317. The van der Waals surface area contributed by atoms with E-state index in [1.165, 1.54) is 18.4 Å². The number of rotatable bonds is 3. The summed E-state index contributed by atoms with van der Waals surface area (Å²) in [7, 11) is 1.37. The molecule has 1 heterocycles. The second-order valence-corrected chi connectivity index (χ2v) is 3.25. The van der Waals surface area contributed by atoms with Gasteiger partial charge in [0.2, 0.25) is 0 Å². The van der Waals surface area contributed by atoms with E-state index in [4.69, 9.17) is 5.73 Å². The molecule has 1 aromatic heterocycles. The Morgan fingerprint density at radius 2 is 2.54 bits per heavy atom. The van der Waals surface area contributed by atoms with Crippen molar-refractivity contribution in [2.45, 2.75) is 0 Å². The van der Waals surface area contributed by atoms with E-state index >= 15 is 0 Å². The lowest BCUT2D eigenvalue weighted by Crippen LogP contribution is -2.00. The van der Waals surface area contributed by atoms with Gasteiger partial charge < -0.3 is 10.5 Å². The SMILES string of the molecule is COC(=O)c1sccc1/C=C/CN. The van der Waals surface area contributed by atoms with Crippen LogP contribution in [0.5, 0.6) is 0 Å². The summed E-state index contributed by atoms with van der Waals surface area (Å²) in [5.74, 6) is -0.299. The first kappa shape index (κ1) is 9.95. The van der Waals surface area contributed by atoms with E-state index in [1.807, 2.05) is 17.5 Å². The number of hydrogen-bond donors (Lipinski definition) is 1. The van der Waals surface area contributed by atoms with Crippen molar-refractivity contribution in [3.05, 3.63) is 28.0 Å². The Balaban J connectivity index is 2.89. The van der Waals surface area contributed by atoms with Gasteiger partial charge in [0.1, 0.15) is 4.88 Å². The van der Waals surface area contributed by atoms with E-state index < -0.39 is 0 Å². The van der Waals surface area contributed by atoms with Crippen LogP contribution in [0.2, 0.25) is 0 Å². The van der Waals surface area contributed by atoms with Gasteiger partial charge in [-0.25, -0.2) is 4.79 Å². The first-order valence-corrected chi connectivity index (χ1v) is 4.70. The van der Waals surface area contributed by atoms with Crippen molar-refractivity contribution in [3.63, 3.8) is 0 Å². The van der Waals surface area contributed by atoms with Crippen molar-refractivity contribution >= 4 is 23.4 Å². The van der Waals surface area contributed by atoms with Crippen LogP contribution in [0.3, 0.4) is 0 Å². The molecule has 0 saturated carbocycles. The molecule has 2 N–H and O–H groups in total. The molecule has 4 heteroatoms. The topological polar surface area (TPSA) is 52.3 Å². The summed E-state index contributed by atoms with van der Waals surface area (Å²) < 4.78 is 4.62. The average molecular weight is 197 g/mol. The molecule has 0 fully saturated rings. The lowest BCUT2D eigenvalue weighted by atomic mass is 10.2. The van der Waals surface area contributed by atoms with Crippen molar-refractivity contribution in [3.8, 4) is 0 Å². The van der Waals surface area contributed by atoms with Crippen molar-refractivity contribution < 1.29 is 9.53 Å². The fourth-order valence-electron chi connectivity index (χ4n) is 0.904. The molecule has 0 saturated heterocycles. The first-order valence-electron chi connectivity index (χ1n) is 3.82. The van der Waals surface area contributed by atoms with Crippen LogP contribution < -0.4 is 5.73 Å². The van der Waals surface area contributed by atoms with Crippen LogP contribution in [0.25, 0.3) is 6.08 Å². The molecule has 0 aliphatic heterocycles. The molecule has 1 aromatic rings. The number of carbonyl (C=O) groups excluding carboxylic acids is 1. The Labute approximate surface area is 80.8 Å². The number of nitrogens with two attached hydrogens (primary N) is 1. The smallest absolute Gasteiger partial charge is 0.348 e. The van der Waals surface area contributed by atoms with Crippen LogP contribution in [-0.4, -0.2) is 19.6 Å². The highest BCUT2D eigenvalue weighted by Gasteiger charge is 2.10. The molecule has 0 aromatic carbocycles. The fourth-order valence-corrected chi connectivity index (χ4v) is 1.71. The zero-order valence-electron chi connectivity index (χ0n) is 7.32. The van der Waals surface area contributed by atoms with Gasteiger partial charge >= 0.3 is 5.97 Å². The fraction of sp³-hybridized carbons (Fsp3) is 0.222. The third-order valence-electron chi connectivity index (χ3n) is 1.50. The summed E-state index contributed by atoms with van der Waals surface area (Å²) in [6.07, 6.45) is 3.62. The molecular weight excluding hydrogens is 186 g/mol. The van der Waals surface area contributed by atoms with E-state index in [0.29, 0.717) is 11.4 Å². The summed E-state index contributed by atoms with van der Waals surface area (Å²) in [6.45, 7) is 0.469. The molecule has 0 atom stereocenters. The van der Waals surface area contributed by atoms with Crippen LogP contribution in [0, 0.1) is 0 Å². The van der Waals surface area contributed by atoms with Gasteiger partial charge in [0.25, 0.3) is 0 Å². The Morgan fingerprint density at radius 3 is 3.15 bits per heavy atom. The number of thiophene rings is 1. The third kappa shape index (κ3) is 2.40. The van der Waals surface area contributed by atoms with Gasteiger partial charge in [-0.05, 0) is 17.0 Å². The van der Waals surface area contributed by atoms with E-state index in [9.17, 15) is 4.79 Å². The highest BCUT2D eigenvalue weighted by Crippen LogP contribution is 2.18. The predicted molar refractivity (Wildman–Crippen MR) is 53.7 cm³/mol. The van der Waals surface area contributed by atoms with Crippen LogP contribution in [0.15, 0.2) is 17.5 Å².